The van der Waals surface area contributed by atoms with Crippen molar-refractivity contribution in [2.45, 2.75) is 57.0 Å². The maximum atomic E-state index is 12.9. The maximum absolute atomic E-state index is 12.9. The summed E-state index contributed by atoms with van der Waals surface area (Å²) in [5.74, 6) is -1.42. The number of hydrogen-bond donors (Lipinski definition) is 0. The number of cyclic esters (lactones) is 1. The molecule has 3 fully saturated rings. The van der Waals surface area contributed by atoms with Gasteiger partial charge in [0.1, 0.15) is 24.9 Å². The van der Waals surface area contributed by atoms with Gasteiger partial charge < -0.3 is 18.9 Å². The SMILES string of the molecule is C/C=C1/CC2(COC(C)=O)O[C@@]2(C)C(=O)OCC2=CCN3CC[C@@H](OC1=O)[C@@H]23. The van der Waals surface area contributed by atoms with Crippen molar-refractivity contribution in [1.82, 2.24) is 4.90 Å². The number of ether oxygens (including phenoxy) is 4. The first-order chi connectivity index (χ1) is 13.3. The van der Waals surface area contributed by atoms with E-state index in [1.165, 1.54) is 6.92 Å². The minimum Gasteiger partial charge on any atom is -0.463 e. The molecule has 0 aromatic heterocycles. The van der Waals surface area contributed by atoms with Gasteiger partial charge in [-0.15, -0.1) is 0 Å². The molecule has 3 saturated heterocycles. The third-order valence-electron chi connectivity index (χ3n) is 6.25. The third kappa shape index (κ3) is 2.95. The van der Waals surface area contributed by atoms with Crippen LogP contribution in [-0.2, 0) is 33.3 Å². The van der Waals surface area contributed by atoms with E-state index in [4.69, 9.17) is 18.9 Å². The van der Waals surface area contributed by atoms with Crippen molar-refractivity contribution in [3.05, 3.63) is 23.3 Å². The molecule has 0 bridgehead atoms. The van der Waals surface area contributed by atoms with Gasteiger partial charge in [-0.2, -0.15) is 0 Å². The minimum absolute atomic E-state index is 0.0481. The number of allylic oxidation sites excluding steroid dienone is 1. The standard InChI is InChI=1S/C20H25NO7/c1-4-13-9-20(11-26-12(2)22)19(3,28-20)18(24)25-10-14-5-7-21-8-6-15(16(14)21)27-17(13)23/h4-5,15-16H,6-11H2,1-3H3/b13-4-/t15-,16-,19+,20?/m1/s1. The van der Waals surface area contributed by atoms with Crippen LogP contribution in [0.3, 0.4) is 0 Å². The summed E-state index contributed by atoms with van der Waals surface area (Å²) in [6, 6.07) is -0.0481. The zero-order chi connectivity index (χ0) is 20.1. The van der Waals surface area contributed by atoms with Gasteiger partial charge in [-0.3, -0.25) is 9.69 Å². The smallest absolute Gasteiger partial charge is 0.341 e. The van der Waals surface area contributed by atoms with Crippen LogP contribution in [0.2, 0.25) is 0 Å². The second-order valence-electron chi connectivity index (χ2n) is 7.93. The molecule has 0 radical (unpaired) electrons. The highest BCUT2D eigenvalue weighted by atomic mass is 16.7. The number of carbonyl (C=O) groups is 3. The zero-order valence-electron chi connectivity index (χ0n) is 16.4. The number of nitrogens with zero attached hydrogens (tertiary/aromatic N) is 1. The predicted molar refractivity (Wildman–Crippen MR) is 96.1 cm³/mol. The Morgan fingerprint density at radius 1 is 1.43 bits per heavy atom. The molecule has 4 atom stereocenters. The fraction of sp³-hybridized carbons (Fsp3) is 0.650. The van der Waals surface area contributed by atoms with Crippen molar-refractivity contribution in [2.75, 3.05) is 26.3 Å². The molecule has 4 aliphatic heterocycles. The van der Waals surface area contributed by atoms with Gasteiger partial charge in [0.05, 0.1) is 6.04 Å². The fourth-order valence-corrected chi connectivity index (χ4v) is 4.46. The first kappa shape index (κ1) is 19.1. The molecule has 8 nitrogen and oxygen atoms in total. The van der Waals surface area contributed by atoms with Gasteiger partial charge in [0.25, 0.3) is 0 Å². The Kier molecular flexibility index (Phi) is 4.58. The second-order valence-corrected chi connectivity index (χ2v) is 7.93. The molecule has 4 aliphatic rings. The fourth-order valence-electron chi connectivity index (χ4n) is 4.46. The van der Waals surface area contributed by atoms with Gasteiger partial charge in [0, 0.05) is 32.0 Å². The van der Waals surface area contributed by atoms with E-state index in [1.807, 2.05) is 6.08 Å². The molecule has 4 rings (SSSR count). The van der Waals surface area contributed by atoms with Gasteiger partial charge in [-0.1, -0.05) is 12.2 Å². The van der Waals surface area contributed by atoms with E-state index in [-0.39, 0.29) is 31.8 Å². The van der Waals surface area contributed by atoms with Crippen LogP contribution in [0.25, 0.3) is 0 Å². The molecular formula is C20H25NO7. The van der Waals surface area contributed by atoms with Crippen LogP contribution in [0.1, 0.15) is 33.6 Å². The number of fused-ring (bicyclic) bond motifs is 1. The lowest BCUT2D eigenvalue weighted by molar-refractivity contribution is -0.150. The summed E-state index contributed by atoms with van der Waals surface area (Å²) in [5, 5.41) is 0. The molecular weight excluding hydrogens is 366 g/mol. The van der Waals surface area contributed by atoms with Crippen molar-refractivity contribution in [3.63, 3.8) is 0 Å². The first-order valence-corrected chi connectivity index (χ1v) is 9.59. The third-order valence-corrected chi connectivity index (χ3v) is 6.25. The molecule has 0 aliphatic carbocycles. The first-order valence-electron chi connectivity index (χ1n) is 9.59. The average molecular weight is 391 g/mol. The van der Waals surface area contributed by atoms with E-state index in [0.717, 1.165) is 25.1 Å². The molecule has 152 valence electrons. The second kappa shape index (κ2) is 6.70. The Balaban J connectivity index is 1.64. The highest BCUT2D eigenvalue weighted by molar-refractivity contribution is 5.90. The average Bonchev–Trinajstić information content (AvgIpc) is 2.96. The quantitative estimate of drug-likeness (QED) is 0.225. The lowest BCUT2D eigenvalue weighted by Gasteiger charge is -2.26. The number of epoxide rings is 1. The summed E-state index contributed by atoms with van der Waals surface area (Å²) < 4.78 is 22.3. The largest absolute Gasteiger partial charge is 0.463 e. The Morgan fingerprint density at radius 2 is 2.21 bits per heavy atom. The summed E-state index contributed by atoms with van der Waals surface area (Å²) in [6.07, 6.45) is 4.26. The number of carbonyl (C=O) groups excluding carboxylic acids is 3. The van der Waals surface area contributed by atoms with Crippen molar-refractivity contribution in [1.29, 1.82) is 0 Å². The van der Waals surface area contributed by atoms with E-state index in [1.54, 1.807) is 19.9 Å². The number of esters is 3. The Hall–Kier alpha value is -2.19. The molecule has 0 amide bonds. The molecule has 4 heterocycles. The van der Waals surface area contributed by atoms with Crippen LogP contribution >= 0.6 is 0 Å². The predicted octanol–water partition coefficient (Wildman–Crippen LogP) is 0.896. The summed E-state index contributed by atoms with van der Waals surface area (Å²) in [4.78, 5) is 39.2. The van der Waals surface area contributed by atoms with Crippen LogP contribution in [0.4, 0.5) is 0 Å². The topological polar surface area (TPSA) is 94.7 Å². The molecule has 28 heavy (non-hydrogen) atoms. The number of rotatable bonds is 2. The van der Waals surface area contributed by atoms with E-state index >= 15 is 0 Å². The minimum atomic E-state index is -1.29. The molecule has 8 heteroatoms. The van der Waals surface area contributed by atoms with Crippen molar-refractivity contribution in [3.8, 4) is 0 Å². The molecule has 0 saturated carbocycles. The molecule has 0 N–H and O–H groups in total. The van der Waals surface area contributed by atoms with Crippen molar-refractivity contribution < 1.29 is 33.3 Å². The lowest BCUT2D eigenvalue weighted by Crippen LogP contribution is -2.41. The molecule has 0 aromatic carbocycles. The Labute approximate surface area is 163 Å². The van der Waals surface area contributed by atoms with Gasteiger partial charge in [0.15, 0.2) is 5.60 Å². The summed E-state index contributed by atoms with van der Waals surface area (Å²) >= 11 is 0. The summed E-state index contributed by atoms with van der Waals surface area (Å²) in [5.41, 5.74) is -1.09. The lowest BCUT2D eigenvalue weighted by atomic mass is 9.88. The monoisotopic (exact) mass is 391 g/mol. The van der Waals surface area contributed by atoms with Gasteiger partial charge in [-0.25, -0.2) is 9.59 Å². The van der Waals surface area contributed by atoms with Crippen LogP contribution in [0, 0.1) is 0 Å². The number of hydrogen-bond acceptors (Lipinski definition) is 8. The highest BCUT2D eigenvalue weighted by Crippen LogP contribution is 2.53. The van der Waals surface area contributed by atoms with Crippen LogP contribution in [0.15, 0.2) is 23.3 Å². The van der Waals surface area contributed by atoms with E-state index < -0.39 is 29.1 Å². The van der Waals surface area contributed by atoms with Crippen LogP contribution in [0.5, 0.6) is 0 Å². The normalized spacial score (nSPS) is 39.1. The van der Waals surface area contributed by atoms with Crippen molar-refractivity contribution >= 4 is 17.9 Å². The van der Waals surface area contributed by atoms with E-state index in [2.05, 4.69) is 4.90 Å². The summed E-state index contributed by atoms with van der Waals surface area (Å²) in [7, 11) is 0. The Morgan fingerprint density at radius 3 is 2.93 bits per heavy atom. The van der Waals surface area contributed by atoms with Gasteiger partial charge in [-0.05, 0) is 25.8 Å². The van der Waals surface area contributed by atoms with E-state index in [0.29, 0.717) is 5.57 Å². The van der Waals surface area contributed by atoms with E-state index in [9.17, 15) is 14.4 Å². The maximum Gasteiger partial charge on any atom is 0.341 e. The van der Waals surface area contributed by atoms with Gasteiger partial charge in [0.2, 0.25) is 0 Å². The highest BCUT2D eigenvalue weighted by Gasteiger charge is 2.73. The molecule has 0 aromatic rings. The van der Waals surface area contributed by atoms with Crippen LogP contribution < -0.4 is 0 Å². The summed E-state index contributed by atoms with van der Waals surface area (Å²) in [6.45, 7) is 6.21. The molecule has 0 spiro atoms. The molecule has 1 unspecified atom stereocenters. The van der Waals surface area contributed by atoms with Gasteiger partial charge >= 0.3 is 17.9 Å². The Bertz CT molecular complexity index is 787. The zero-order valence-corrected chi connectivity index (χ0v) is 16.4. The van der Waals surface area contributed by atoms with Crippen molar-refractivity contribution in [2.24, 2.45) is 0 Å². The van der Waals surface area contributed by atoms with Crippen LogP contribution in [-0.4, -0.2) is 72.5 Å².